The van der Waals surface area contributed by atoms with Gasteiger partial charge in [-0.3, -0.25) is 4.79 Å². The summed E-state index contributed by atoms with van der Waals surface area (Å²) in [5.41, 5.74) is 1.90. The summed E-state index contributed by atoms with van der Waals surface area (Å²) in [4.78, 5) is 23.1. The van der Waals surface area contributed by atoms with E-state index >= 15 is 0 Å². The monoisotopic (exact) mass is 348 g/mol. The van der Waals surface area contributed by atoms with Crippen LogP contribution in [0.3, 0.4) is 0 Å². The zero-order valence-electron chi connectivity index (χ0n) is 14.4. The zero-order valence-corrected chi connectivity index (χ0v) is 14.4. The molecule has 3 heterocycles. The number of rotatable bonds is 5. The van der Waals surface area contributed by atoms with E-state index < -0.39 is 0 Å². The van der Waals surface area contributed by atoms with E-state index in [0.717, 1.165) is 30.0 Å². The molecule has 1 aromatic carbocycles. The molecule has 6 nitrogen and oxygen atoms in total. The van der Waals surface area contributed by atoms with Gasteiger partial charge in [0.2, 0.25) is 0 Å². The average molecular weight is 348 g/mol. The summed E-state index contributed by atoms with van der Waals surface area (Å²) in [5.74, 6) is 1.29. The van der Waals surface area contributed by atoms with E-state index in [-0.39, 0.29) is 11.8 Å². The third kappa shape index (κ3) is 3.59. The maximum atomic E-state index is 12.3. The number of benzene rings is 1. The summed E-state index contributed by atoms with van der Waals surface area (Å²) in [7, 11) is 0. The van der Waals surface area contributed by atoms with E-state index in [1.54, 1.807) is 12.4 Å². The van der Waals surface area contributed by atoms with Crippen LogP contribution in [0, 0.1) is 0 Å². The lowest BCUT2D eigenvalue weighted by Gasteiger charge is -2.16. The minimum atomic E-state index is -0.327. The summed E-state index contributed by atoms with van der Waals surface area (Å²) in [6.45, 7) is 2.49. The molecule has 4 rings (SSSR count). The second kappa shape index (κ2) is 7.39. The second-order valence-corrected chi connectivity index (χ2v) is 6.29. The molecule has 1 fully saturated rings. The number of carbonyl (C=O) groups is 1. The molecule has 0 unspecified atom stereocenters. The van der Waals surface area contributed by atoms with E-state index in [0.29, 0.717) is 12.3 Å². The lowest BCUT2D eigenvalue weighted by atomic mass is 10.2. The largest absolute Gasteiger partial charge is 0.432 e. The Morgan fingerprint density at radius 1 is 1.12 bits per heavy atom. The fourth-order valence-electron chi connectivity index (χ4n) is 3.06. The first-order valence-corrected chi connectivity index (χ1v) is 8.79. The molecule has 1 amide bonds. The highest BCUT2D eigenvalue weighted by atomic mass is 16.4. The van der Waals surface area contributed by atoms with E-state index in [2.05, 4.69) is 20.2 Å². The van der Waals surface area contributed by atoms with Gasteiger partial charge in [-0.25, -0.2) is 9.97 Å². The van der Waals surface area contributed by atoms with Crippen molar-refractivity contribution in [1.29, 1.82) is 0 Å². The highest BCUT2D eigenvalue weighted by molar-refractivity contribution is 5.89. The lowest BCUT2D eigenvalue weighted by molar-refractivity contribution is 0.0917. The highest BCUT2D eigenvalue weighted by Crippen LogP contribution is 2.20. The van der Waals surface area contributed by atoms with Crippen LogP contribution in [0.15, 0.2) is 59.3 Å². The SMILES string of the molecule is O=C(NCc1ccnc(N2CCCC2)c1)c1ncc(-c2ccccc2)o1. The Bertz CT molecular complexity index is 886. The third-order valence-corrected chi connectivity index (χ3v) is 4.45. The third-order valence-electron chi connectivity index (χ3n) is 4.45. The van der Waals surface area contributed by atoms with Gasteiger partial charge in [0.1, 0.15) is 5.82 Å². The molecule has 0 atom stereocenters. The summed E-state index contributed by atoms with van der Waals surface area (Å²) in [6, 6.07) is 13.5. The molecule has 0 bridgehead atoms. The summed E-state index contributed by atoms with van der Waals surface area (Å²) >= 11 is 0. The van der Waals surface area contributed by atoms with Crippen molar-refractivity contribution in [3.05, 3.63) is 66.3 Å². The smallest absolute Gasteiger partial charge is 0.307 e. The first-order valence-electron chi connectivity index (χ1n) is 8.79. The summed E-state index contributed by atoms with van der Waals surface area (Å²) in [5, 5.41) is 2.86. The lowest BCUT2D eigenvalue weighted by Crippen LogP contribution is -2.24. The van der Waals surface area contributed by atoms with Crippen LogP contribution in [-0.2, 0) is 6.54 Å². The molecule has 1 N–H and O–H groups in total. The number of anilines is 1. The predicted octanol–water partition coefficient (Wildman–Crippen LogP) is 3.27. The summed E-state index contributed by atoms with van der Waals surface area (Å²) < 4.78 is 5.58. The standard InChI is InChI=1S/C20H20N4O2/c25-19(20-23-14-17(26-20)16-6-2-1-3-7-16)22-13-15-8-9-21-18(12-15)24-10-4-5-11-24/h1-3,6-9,12,14H,4-5,10-11,13H2,(H,22,25). The number of hydrogen-bond donors (Lipinski definition) is 1. The van der Waals surface area contributed by atoms with Gasteiger partial charge in [-0.05, 0) is 30.5 Å². The Balaban J connectivity index is 1.40. The number of aromatic nitrogens is 2. The fourth-order valence-corrected chi connectivity index (χ4v) is 3.06. The topological polar surface area (TPSA) is 71.3 Å². The molecule has 6 heteroatoms. The van der Waals surface area contributed by atoms with Gasteiger partial charge in [0.05, 0.1) is 6.20 Å². The van der Waals surface area contributed by atoms with Gasteiger partial charge in [0.25, 0.3) is 5.89 Å². The number of amides is 1. The average Bonchev–Trinajstić information content (AvgIpc) is 3.39. The number of pyridine rings is 1. The molecule has 0 aliphatic carbocycles. The number of nitrogens with one attached hydrogen (secondary N) is 1. The molecule has 0 radical (unpaired) electrons. The minimum absolute atomic E-state index is 0.0673. The van der Waals surface area contributed by atoms with Gasteiger partial charge in [0.15, 0.2) is 5.76 Å². The van der Waals surface area contributed by atoms with Gasteiger partial charge in [-0.2, -0.15) is 0 Å². The van der Waals surface area contributed by atoms with E-state index in [4.69, 9.17) is 4.42 Å². The Morgan fingerprint density at radius 3 is 2.73 bits per heavy atom. The first-order chi connectivity index (χ1) is 12.8. The van der Waals surface area contributed by atoms with Crippen molar-refractivity contribution in [2.75, 3.05) is 18.0 Å². The molecular formula is C20H20N4O2. The van der Waals surface area contributed by atoms with Crippen molar-refractivity contribution < 1.29 is 9.21 Å². The fraction of sp³-hybridized carbons (Fsp3) is 0.250. The van der Waals surface area contributed by atoms with Crippen molar-refractivity contribution in [2.24, 2.45) is 0 Å². The maximum Gasteiger partial charge on any atom is 0.307 e. The van der Waals surface area contributed by atoms with Gasteiger partial charge in [0, 0.05) is 31.4 Å². The van der Waals surface area contributed by atoms with Gasteiger partial charge in [-0.15, -0.1) is 0 Å². The predicted molar refractivity (Wildman–Crippen MR) is 98.8 cm³/mol. The first kappa shape index (κ1) is 16.3. The number of nitrogens with zero attached hydrogens (tertiary/aromatic N) is 3. The molecular weight excluding hydrogens is 328 g/mol. The number of oxazole rings is 1. The summed E-state index contributed by atoms with van der Waals surface area (Å²) in [6.07, 6.45) is 5.77. The normalized spacial score (nSPS) is 13.8. The van der Waals surface area contributed by atoms with Crippen molar-refractivity contribution in [1.82, 2.24) is 15.3 Å². The van der Waals surface area contributed by atoms with Crippen LogP contribution < -0.4 is 10.2 Å². The number of hydrogen-bond acceptors (Lipinski definition) is 5. The van der Waals surface area contributed by atoms with Gasteiger partial charge >= 0.3 is 5.91 Å². The van der Waals surface area contributed by atoms with Crippen molar-refractivity contribution in [3.8, 4) is 11.3 Å². The molecule has 1 saturated heterocycles. The molecule has 0 spiro atoms. The Morgan fingerprint density at radius 2 is 1.92 bits per heavy atom. The van der Waals surface area contributed by atoms with Crippen LogP contribution in [0.1, 0.15) is 29.1 Å². The Labute approximate surface area is 151 Å². The van der Waals surface area contributed by atoms with E-state index in [9.17, 15) is 4.79 Å². The molecule has 3 aromatic rings. The van der Waals surface area contributed by atoms with Crippen LogP contribution in [0.2, 0.25) is 0 Å². The zero-order chi connectivity index (χ0) is 17.8. The number of carbonyl (C=O) groups excluding carboxylic acids is 1. The molecule has 0 saturated carbocycles. The van der Waals surface area contributed by atoms with Crippen molar-refractivity contribution in [3.63, 3.8) is 0 Å². The van der Waals surface area contributed by atoms with Gasteiger partial charge in [-0.1, -0.05) is 30.3 Å². The van der Waals surface area contributed by atoms with E-state index in [1.165, 1.54) is 12.8 Å². The minimum Gasteiger partial charge on any atom is -0.432 e. The Kier molecular flexibility index (Phi) is 4.64. The van der Waals surface area contributed by atoms with Crippen molar-refractivity contribution in [2.45, 2.75) is 19.4 Å². The van der Waals surface area contributed by atoms with Gasteiger partial charge < -0.3 is 14.6 Å². The van der Waals surface area contributed by atoms with Crippen LogP contribution in [-0.4, -0.2) is 29.0 Å². The van der Waals surface area contributed by atoms with E-state index in [1.807, 2.05) is 42.5 Å². The highest BCUT2D eigenvalue weighted by Gasteiger charge is 2.16. The van der Waals surface area contributed by atoms with Crippen molar-refractivity contribution >= 4 is 11.7 Å². The molecule has 2 aromatic heterocycles. The molecule has 1 aliphatic heterocycles. The molecule has 132 valence electrons. The quantitative estimate of drug-likeness (QED) is 0.766. The Hall–Kier alpha value is -3.15. The van der Waals surface area contributed by atoms with Crippen LogP contribution in [0.25, 0.3) is 11.3 Å². The molecule has 26 heavy (non-hydrogen) atoms. The second-order valence-electron chi connectivity index (χ2n) is 6.29. The molecule has 1 aliphatic rings. The van der Waals surface area contributed by atoms with Crippen LogP contribution in [0.5, 0.6) is 0 Å². The van der Waals surface area contributed by atoms with Crippen LogP contribution >= 0.6 is 0 Å². The maximum absolute atomic E-state index is 12.3. The van der Waals surface area contributed by atoms with Crippen LogP contribution in [0.4, 0.5) is 5.82 Å².